The van der Waals surface area contributed by atoms with Gasteiger partial charge in [0, 0.05) is 11.7 Å². The smallest absolute Gasteiger partial charge is 0.302 e. The average Bonchev–Trinajstić information content (AvgIpc) is 2.93. The quantitative estimate of drug-likeness (QED) is 0.674. The van der Waals surface area contributed by atoms with E-state index in [2.05, 4.69) is 9.71 Å². The van der Waals surface area contributed by atoms with Gasteiger partial charge in [-0.25, -0.2) is 4.57 Å². The van der Waals surface area contributed by atoms with Crippen LogP contribution in [0.2, 0.25) is 0 Å². The molecule has 4 rings (SSSR count). The fourth-order valence-corrected chi connectivity index (χ4v) is 3.78. The van der Waals surface area contributed by atoms with Crippen molar-refractivity contribution in [3.05, 3.63) is 48.8 Å². The number of fused-ring (bicyclic) bond motifs is 2. The normalized spacial score (nSPS) is 16.4. The summed E-state index contributed by atoms with van der Waals surface area (Å²) >= 11 is 0. The van der Waals surface area contributed by atoms with E-state index in [1.807, 2.05) is 53.4 Å². The molecule has 0 fully saturated rings. The first kappa shape index (κ1) is 12.4. The second kappa shape index (κ2) is 4.33. The van der Waals surface area contributed by atoms with E-state index in [4.69, 9.17) is 0 Å². The summed E-state index contributed by atoms with van der Waals surface area (Å²) < 4.78 is 28.3. The molecular formula is C15H14N3O2S+. The van der Waals surface area contributed by atoms with Crippen LogP contribution in [-0.2, 0) is 16.6 Å². The maximum absolute atomic E-state index is 11.8. The third-order valence-corrected chi connectivity index (χ3v) is 5.01. The van der Waals surface area contributed by atoms with Gasteiger partial charge in [-0.1, -0.05) is 12.1 Å². The summed E-state index contributed by atoms with van der Waals surface area (Å²) in [5.41, 5.74) is 2.91. The van der Waals surface area contributed by atoms with Crippen molar-refractivity contribution >= 4 is 26.7 Å². The topological polar surface area (TPSA) is 65.8 Å². The molecule has 0 saturated carbocycles. The predicted molar refractivity (Wildman–Crippen MR) is 81.3 cm³/mol. The number of aryl methyl sites for hydroxylation is 1. The summed E-state index contributed by atoms with van der Waals surface area (Å²) in [6.45, 7) is 0.475. The largest absolute Gasteiger partial charge is 0.361 e. The lowest BCUT2D eigenvalue weighted by molar-refractivity contribution is -0.679. The minimum atomic E-state index is -3.24. The van der Waals surface area contributed by atoms with Gasteiger partial charge in [-0.2, -0.15) is 13.1 Å². The summed E-state index contributed by atoms with van der Waals surface area (Å²) in [4.78, 5) is 3.18. The van der Waals surface area contributed by atoms with Gasteiger partial charge in [-0.05, 0) is 35.2 Å². The van der Waals surface area contributed by atoms with Crippen LogP contribution in [0.5, 0.6) is 0 Å². The van der Waals surface area contributed by atoms with Crippen LogP contribution in [-0.4, -0.2) is 19.2 Å². The molecule has 0 radical (unpaired) electrons. The number of rotatable bonds is 1. The number of pyridine rings is 1. The van der Waals surface area contributed by atoms with Gasteiger partial charge in [0.15, 0.2) is 0 Å². The minimum Gasteiger partial charge on any atom is -0.361 e. The first-order valence-corrected chi connectivity index (χ1v) is 8.38. The highest BCUT2D eigenvalue weighted by molar-refractivity contribution is 7.92. The maximum atomic E-state index is 11.8. The van der Waals surface area contributed by atoms with Crippen molar-refractivity contribution in [1.82, 2.24) is 4.98 Å². The van der Waals surface area contributed by atoms with Crippen LogP contribution in [0.15, 0.2) is 48.8 Å². The minimum absolute atomic E-state index is 0.115. The number of aromatic nitrogens is 2. The summed E-state index contributed by atoms with van der Waals surface area (Å²) in [5, 5.41) is 1.14. The van der Waals surface area contributed by atoms with Crippen molar-refractivity contribution in [1.29, 1.82) is 0 Å². The number of nitrogens with zero attached hydrogens (tertiary/aromatic N) is 1. The SMILES string of the molecule is O=S1(=O)CC[n+]2cccc(-c3ccc4cc[nH]c4c3)c2N1. The summed E-state index contributed by atoms with van der Waals surface area (Å²) in [5.74, 6) is 0.749. The van der Waals surface area contributed by atoms with Crippen LogP contribution in [0.4, 0.5) is 5.82 Å². The number of aromatic amines is 1. The van der Waals surface area contributed by atoms with Gasteiger partial charge < -0.3 is 4.98 Å². The molecule has 3 heterocycles. The monoisotopic (exact) mass is 300 g/mol. The van der Waals surface area contributed by atoms with Crippen molar-refractivity contribution in [2.24, 2.45) is 0 Å². The van der Waals surface area contributed by atoms with Gasteiger partial charge in [-0.3, -0.25) is 0 Å². The molecule has 5 nitrogen and oxygen atoms in total. The Morgan fingerprint density at radius 1 is 1.14 bits per heavy atom. The Morgan fingerprint density at radius 2 is 2.05 bits per heavy atom. The van der Waals surface area contributed by atoms with E-state index in [9.17, 15) is 8.42 Å². The van der Waals surface area contributed by atoms with Gasteiger partial charge in [0.1, 0.15) is 12.3 Å². The van der Waals surface area contributed by atoms with Crippen molar-refractivity contribution in [3.63, 3.8) is 0 Å². The van der Waals surface area contributed by atoms with Crippen LogP contribution in [0.3, 0.4) is 0 Å². The number of benzene rings is 1. The number of nitrogens with one attached hydrogen (secondary N) is 2. The second-order valence-electron chi connectivity index (χ2n) is 5.16. The third kappa shape index (κ3) is 2.08. The van der Waals surface area contributed by atoms with Crippen molar-refractivity contribution < 1.29 is 13.0 Å². The van der Waals surface area contributed by atoms with Gasteiger partial charge >= 0.3 is 10.0 Å². The van der Waals surface area contributed by atoms with Crippen LogP contribution in [0.1, 0.15) is 0 Å². The van der Waals surface area contributed by atoms with Crippen LogP contribution < -0.4 is 9.29 Å². The number of H-pyrrole nitrogens is 1. The average molecular weight is 300 g/mol. The molecule has 0 atom stereocenters. The third-order valence-electron chi connectivity index (χ3n) is 3.79. The van der Waals surface area contributed by atoms with Gasteiger partial charge in [0.25, 0.3) is 5.82 Å². The highest BCUT2D eigenvalue weighted by Crippen LogP contribution is 2.29. The van der Waals surface area contributed by atoms with Crippen LogP contribution >= 0.6 is 0 Å². The molecule has 0 aliphatic carbocycles. The lowest BCUT2D eigenvalue weighted by Crippen LogP contribution is -2.47. The molecule has 6 heteroatoms. The lowest BCUT2D eigenvalue weighted by atomic mass is 10.0. The fraction of sp³-hybridized carbons (Fsp3) is 0.133. The zero-order valence-electron chi connectivity index (χ0n) is 11.2. The Hall–Kier alpha value is -2.34. The Kier molecular flexibility index (Phi) is 2.56. The maximum Gasteiger partial charge on any atom is 0.302 e. The molecule has 0 bridgehead atoms. The Bertz CT molecular complexity index is 944. The van der Waals surface area contributed by atoms with E-state index in [0.717, 1.165) is 22.0 Å². The summed E-state index contributed by atoms with van der Waals surface area (Å²) in [6.07, 6.45) is 3.79. The number of hydrogen-bond donors (Lipinski definition) is 2. The van der Waals surface area contributed by atoms with Crippen molar-refractivity contribution in [3.8, 4) is 11.1 Å². The number of sulfonamides is 1. The molecule has 1 aliphatic rings. The molecule has 0 spiro atoms. The molecule has 2 N–H and O–H groups in total. The second-order valence-corrected chi connectivity index (χ2v) is 7.01. The fourth-order valence-electron chi connectivity index (χ4n) is 2.72. The molecule has 2 aromatic heterocycles. The molecule has 21 heavy (non-hydrogen) atoms. The highest BCUT2D eigenvalue weighted by atomic mass is 32.2. The van der Waals surface area contributed by atoms with Crippen molar-refractivity contribution in [2.45, 2.75) is 6.54 Å². The first-order valence-electron chi connectivity index (χ1n) is 6.73. The van der Waals surface area contributed by atoms with Gasteiger partial charge in [0.2, 0.25) is 0 Å². The predicted octanol–water partition coefficient (Wildman–Crippen LogP) is 1.88. The molecule has 1 aromatic carbocycles. The molecular weight excluding hydrogens is 286 g/mol. The lowest BCUT2D eigenvalue weighted by Gasteiger charge is -2.15. The molecule has 106 valence electrons. The van der Waals surface area contributed by atoms with E-state index >= 15 is 0 Å². The van der Waals surface area contributed by atoms with Crippen molar-refractivity contribution in [2.75, 3.05) is 10.5 Å². The number of anilines is 1. The molecule has 0 saturated heterocycles. The van der Waals surface area contributed by atoms with Gasteiger partial charge in [-0.15, -0.1) is 0 Å². The molecule has 0 unspecified atom stereocenters. The Morgan fingerprint density at radius 3 is 2.95 bits per heavy atom. The highest BCUT2D eigenvalue weighted by Gasteiger charge is 2.29. The van der Waals surface area contributed by atoms with Gasteiger partial charge in [0.05, 0.1) is 11.8 Å². The summed E-state index contributed by atoms with van der Waals surface area (Å²) in [6, 6.07) is 12.0. The zero-order chi connectivity index (χ0) is 14.4. The molecule has 1 aliphatic heterocycles. The first-order chi connectivity index (χ1) is 10.1. The van der Waals surface area contributed by atoms with E-state index < -0.39 is 10.0 Å². The number of hydrogen-bond acceptors (Lipinski definition) is 2. The summed E-state index contributed by atoms with van der Waals surface area (Å²) in [7, 11) is -3.24. The van der Waals surface area contributed by atoms with Crippen LogP contribution in [0.25, 0.3) is 22.0 Å². The van der Waals surface area contributed by atoms with E-state index in [-0.39, 0.29) is 5.75 Å². The Labute approximate surface area is 122 Å². The molecule has 3 aromatic rings. The standard InChI is InChI=1S/C15H13N3O2S/c19-21(20)9-8-18-7-1-2-13(15(18)17-21)12-4-3-11-5-6-16-14(11)10-12/h1-7,10,16H,8-9H2/p+1. The Balaban J connectivity index is 1.92. The zero-order valence-corrected chi connectivity index (χ0v) is 12.0. The van der Waals surface area contributed by atoms with E-state index in [0.29, 0.717) is 12.4 Å². The van der Waals surface area contributed by atoms with Crippen LogP contribution in [0, 0.1) is 0 Å². The molecule has 0 amide bonds. The van der Waals surface area contributed by atoms with E-state index in [1.54, 1.807) is 0 Å². The van der Waals surface area contributed by atoms with E-state index in [1.165, 1.54) is 0 Å².